The molecule has 0 fully saturated rings. The first-order valence-corrected chi connectivity index (χ1v) is 5.93. The third kappa shape index (κ3) is 2.86. The van der Waals surface area contributed by atoms with Gasteiger partial charge in [-0.05, 0) is 6.42 Å². The van der Waals surface area contributed by atoms with Crippen LogP contribution in [0.3, 0.4) is 0 Å². The Morgan fingerprint density at radius 1 is 1.69 bits per heavy atom. The van der Waals surface area contributed by atoms with Gasteiger partial charge >= 0.3 is 0 Å². The Balaban J connectivity index is 2.81. The molecule has 4 nitrogen and oxygen atoms in total. The molecule has 0 amide bonds. The van der Waals surface area contributed by atoms with Gasteiger partial charge in [0.25, 0.3) is 9.05 Å². The van der Waals surface area contributed by atoms with E-state index in [-0.39, 0.29) is 4.90 Å². The number of halogens is 1. The molecule has 0 radical (unpaired) electrons. The Morgan fingerprint density at radius 3 is 2.85 bits per heavy atom. The lowest BCUT2D eigenvalue weighted by atomic mass is 10.4. The van der Waals surface area contributed by atoms with Crippen molar-refractivity contribution in [2.45, 2.75) is 17.9 Å². The molecule has 1 heterocycles. The fourth-order valence-electron chi connectivity index (χ4n) is 0.816. The molecule has 1 aromatic rings. The first-order chi connectivity index (χ1) is 6.04. The van der Waals surface area contributed by atoms with Gasteiger partial charge in [0.15, 0.2) is 0 Å². The number of allylic oxidation sites excluding steroid dienone is 1. The number of rotatable bonds is 4. The van der Waals surface area contributed by atoms with Gasteiger partial charge in [-0.1, -0.05) is 6.08 Å². The zero-order valence-corrected chi connectivity index (χ0v) is 8.42. The summed E-state index contributed by atoms with van der Waals surface area (Å²) in [6.45, 7) is 4.15. The maximum atomic E-state index is 10.8. The fraction of sp³-hybridized carbons (Fsp3) is 0.286. The third-order valence-corrected chi connectivity index (χ3v) is 2.76. The van der Waals surface area contributed by atoms with Crippen molar-refractivity contribution in [1.29, 1.82) is 0 Å². The van der Waals surface area contributed by atoms with E-state index in [0.717, 1.165) is 6.42 Å². The second-order valence-corrected chi connectivity index (χ2v) is 5.02. The first-order valence-electron chi connectivity index (χ1n) is 3.62. The molecule has 0 saturated carbocycles. The summed E-state index contributed by atoms with van der Waals surface area (Å²) in [5.41, 5.74) is 0. The molecular weight excluding hydrogens is 212 g/mol. The van der Waals surface area contributed by atoms with Gasteiger partial charge in [0.05, 0.1) is 6.20 Å². The lowest BCUT2D eigenvalue weighted by Crippen LogP contribution is -1.96. The molecule has 72 valence electrons. The minimum Gasteiger partial charge on any atom is -0.271 e. The molecule has 0 aliphatic heterocycles. The van der Waals surface area contributed by atoms with Gasteiger partial charge in [-0.2, -0.15) is 5.10 Å². The Kier molecular flexibility index (Phi) is 3.11. The zero-order valence-electron chi connectivity index (χ0n) is 6.85. The fourth-order valence-corrected chi connectivity index (χ4v) is 1.48. The zero-order chi connectivity index (χ0) is 9.90. The van der Waals surface area contributed by atoms with E-state index in [0.29, 0.717) is 6.54 Å². The highest BCUT2D eigenvalue weighted by molar-refractivity contribution is 8.13. The van der Waals surface area contributed by atoms with E-state index < -0.39 is 9.05 Å². The largest absolute Gasteiger partial charge is 0.271 e. The summed E-state index contributed by atoms with van der Waals surface area (Å²) in [4.78, 5) is 0.0261. The van der Waals surface area contributed by atoms with Crippen molar-refractivity contribution in [2.75, 3.05) is 0 Å². The average molecular weight is 221 g/mol. The Bertz CT molecular complexity index is 396. The van der Waals surface area contributed by atoms with E-state index in [9.17, 15) is 8.42 Å². The van der Waals surface area contributed by atoms with Gasteiger partial charge < -0.3 is 0 Å². The molecule has 0 atom stereocenters. The van der Waals surface area contributed by atoms with Crippen LogP contribution < -0.4 is 0 Å². The molecule has 0 bridgehead atoms. The number of aromatic nitrogens is 2. The third-order valence-electron chi connectivity index (χ3n) is 1.45. The summed E-state index contributed by atoms with van der Waals surface area (Å²) >= 11 is 0. The Morgan fingerprint density at radius 2 is 2.38 bits per heavy atom. The highest BCUT2D eigenvalue weighted by atomic mass is 35.7. The van der Waals surface area contributed by atoms with Crippen molar-refractivity contribution in [3.8, 4) is 0 Å². The summed E-state index contributed by atoms with van der Waals surface area (Å²) in [5, 5.41) is 3.83. The molecular formula is C7H9ClN2O2S. The molecule has 0 spiro atoms. The van der Waals surface area contributed by atoms with Crippen LogP contribution in [0.2, 0.25) is 0 Å². The minimum absolute atomic E-state index is 0.0261. The van der Waals surface area contributed by atoms with Gasteiger partial charge in [0.2, 0.25) is 0 Å². The highest BCUT2D eigenvalue weighted by Crippen LogP contribution is 2.12. The van der Waals surface area contributed by atoms with Crippen LogP contribution in [-0.2, 0) is 15.6 Å². The van der Waals surface area contributed by atoms with Gasteiger partial charge in [0, 0.05) is 23.4 Å². The molecule has 6 heteroatoms. The molecule has 0 aromatic carbocycles. The molecule has 13 heavy (non-hydrogen) atoms. The molecule has 0 aliphatic rings. The average Bonchev–Trinajstić information content (AvgIpc) is 2.47. The molecule has 1 aromatic heterocycles. The van der Waals surface area contributed by atoms with Crippen LogP contribution in [0.5, 0.6) is 0 Å². The van der Waals surface area contributed by atoms with Crippen LogP contribution in [0.4, 0.5) is 0 Å². The van der Waals surface area contributed by atoms with Gasteiger partial charge in [-0.15, -0.1) is 6.58 Å². The van der Waals surface area contributed by atoms with Crippen molar-refractivity contribution in [3.05, 3.63) is 25.0 Å². The minimum atomic E-state index is -3.64. The topological polar surface area (TPSA) is 52.0 Å². The van der Waals surface area contributed by atoms with Gasteiger partial charge in [-0.25, -0.2) is 8.42 Å². The summed E-state index contributed by atoms with van der Waals surface area (Å²) in [7, 11) is 1.46. The normalized spacial score (nSPS) is 11.5. The molecule has 0 unspecified atom stereocenters. The molecule has 0 N–H and O–H groups in total. The van der Waals surface area contributed by atoms with Crippen LogP contribution >= 0.6 is 10.7 Å². The number of aryl methyl sites for hydroxylation is 1. The predicted octanol–water partition coefficient (Wildman–Crippen LogP) is 1.39. The van der Waals surface area contributed by atoms with Crippen LogP contribution in [0.1, 0.15) is 6.42 Å². The molecule has 0 aliphatic carbocycles. The predicted molar refractivity (Wildman–Crippen MR) is 50.1 cm³/mol. The van der Waals surface area contributed by atoms with E-state index in [4.69, 9.17) is 10.7 Å². The van der Waals surface area contributed by atoms with E-state index in [2.05, 4.69) is 11.7 Å². The summed E-state index contributed by atoms with van der Waals surface area (Å²) in [6.07, 6.45) is 5.09. The van der Waals surface area contributed by atoms with E-state index in [1.54, 1.807) is 6.08 Å². The van der Waals surface area contributed by atoms with Gasteiger partial charge in [-0.3, -0.25) is 4.68 Å². The van der Waals surface area contributed by atoms with Crippen LogP contribution in [0.15, 0.2) is 29.9 Å². The number of hydrogen-bond donors (Lipinski definition) is 0. The SMILES string of the molecule is C=CCCn1cc(S(=O)(=O)Cl)cn1. The second kappa shape index (κ2) is 3.93. The second-order valence-electron chi connectivity index (χ2n) is 2.45. The van der Waals surface area contributed by atoms with Crippen LogP contribution in [0.25, 0.3) is 0 Å². The van der Waals surface area contributed by atoms with Crippen molar-refractivity contribution in [3.63, 3.8) is 0 Å². The van der Waals surface area contributed by atoms with Crippen molar-refractivity contribution >= 4 is 19.7 Å². The van der Waals surface area contributed by atoms with Gasteiger partial charge in [0.1, 0.15) is 4.90 Å². The van der Waals surface area contributed by atoms with Crippen LogP contribution in [-0.4, -0.2) is 18.2 Å². The van der Waals surface area contributed by atoms with Crippen molar-refractivity contribution in [2.24, 2.45) is 0 Å². The number of nitrogens with zero attached hydrogens (tertiary/aromatic N) is 2. The first kappa shape index (κ1) is 10.3. The summed E-state index contributed by atoms with van der Waals surface area (Å²) < 4.78 is 23.1. The molecule has 0 saturated heterocycles. The quantitative estimate of drug-likeness (QED) is 0.569. The van der Waals surface area contributed by atoms with Crippen molar-refractivity contribution in [1.82, 2.24) is 9.78 Å². The highest BCUT2D eigenvalue weighted by Gasteiger charge is 2.11. The number of hydrogen-bond acceptors (Lipinski definition) is 3. The standard InChI is InChI=1S/C7H9ClN2O2S/c1-2-3-4-10-6-7(5-9-10)13(8,11)12/h2,5-6H,1,3-4H2. The van der Waals surface area contributed by atoms with E-state index in [1.165, 1.54) is 17.1 Å². The van der Waals surface area contributed by atoms with E-state index >= 15 is 0 Å². The maximum Gasteiger partial charge on any atom is 0.264 e. The Labute approximate surface area is 81.2 Å². The Hall–Kier alpha value is -0.810. The van der Waals surface area contributed by atoms with Crippen LogP contribution in [0, 0.1) is 0 Å². The summed E-state index contributed by atoms with van der Waals surface area (Å²) in [5.74, 6) is 0. The monoisotopic (exact) mass is 220 g/mol. The molecule has 1 rings (SSSR count). The maximum absolute atomic E-state index is 10.8. The lowest BCUT2D eigenvalue weighted by molar-refractivity contribution is 0.607. The van der Waals surface area contributed by atoms with E-state index in [1.807, 2.05) is 0 Å². The van der Waals surface area contributed by atoms with Crippen molar-refractivity contribution < 1.29 is 8.42 Å². The summed E-state index contributed by atoms with van der Waals surface area (Å²) in [6, 6.07) is 0. The lowest BCUT2D eigenvalue weighted by Gasteiger charge is -1.94. The smallest absolute Gasteiger partial charge is 0.264 e.